The van der Waals surface area contributed by atoms with E-state index in [1.165, 1.54) is 103 Å². The number of hydrogen-bond donors (Lipinski definition) is 6. The Labute approximate surface area is 399 Å². The largest absolute Gasteiger partial charge is 0.472 e. The number of carbonyl (C=O) groups is 2. The lowest BCUT2D eigenvalue weighted by Gasteiger charge is -2.41. The summed E-state index contributed by atoms with van der Waals surface area (Å²) in [4.78, 5) is 35.8. The molecule has 1 rings (SSSR count). The highest BCUT2D eigenvalue weighted by Gasteiger charge is 2.51. The molecule has 1 aliphatic carbocycles. The van der Waals surface area contributed by atoms with Crippen molar-refractivity contribution in [2.24, 2.45) is 0 Å². The topological polar surface area (TPSA) is 210 Å². The molecule has 0 aromatic heterocycles. The van der Waals surface area contributed by atoms with Crippen LogP contribution in [0.1, 0.15) is 213 Å². The van der Waals surface area contributed by atoms with Gasteiger partial charge in [-0.3, -0.25) is 18.6 Å². The van der Waals surface area contributed by atoms with Gasteiger partial charge in [-0.2, -0.15) is 0 Å². The van der Waals surface area contributed by atoms with Crippen LogP contribution in [0.4, 0.5) is 0 Å². The summed E-state index contributed by atoms with van der Waals surface area (Å²) in [5, 5.41) is 50.2. The normalized spacial score (nSPS) is 21.6. The fraction of sp³-hybridized carbons (Fsp3) is 0.808. The zero-order chi connectivity index (χ0) is 48.5. The Bertz CT molecular complexity index is 1340. The lowest BCUT2D eigenvalue weighted by Crippen LogP contribution is -2.64. The van der Waals surface area contributed by atoms with Crippen LogP contribution in [-0.4, -0.2) is 98.3 Å². The molecule has 1 fully saturated rings. The Morgan fingerprint density at radius 2 is 0.864 bits per heavy atom. The van der Waals surface area contributed by atoms with Crippen molar-refractivity contribution < 1.29 is 63.1 Å². The highest BCUT2D eigenvalue weighted by Crippen LogP contribution is 2.47. The van der Waals surface area contributed by atoms with Gasteiger partial charge in [-0.05, 0) is 70.6 Å². The molecule has 13 nitrogen and oxygen atoms in total. The summed E-state index contributed by atoms with van der Waals surface area (Å²) in [6, 6.07) is 0. The van der Waals surface area contributed by atoms with Gasteiger partial charge >= 0.3 is 19.8 Å². The maximum absolute atomic E-state index is 12.8. The SMILES string of the molecule is CCCC/C=C/C/C=C/CCCCCCCC(=O)OC[C@H](COP(=O)(O)OC1C(O)C(O)C(O)[C@@H](O)C1O)OC(=O)CCC/C=C/CC/C=C/CCCCCCCCCCCCCCCC. The fourth-order valence-corrected chi connectivity index (χ4v) is 8.65. The second kappa shape index (κ2) is 41.8. The Hall–Kier alpha value is -2.19. The Balaban J connectivity index is 2.41. The van der Waals surface area contributed by atoms with Crippen molar-refractivity contribution in [3.8, 4) is 0 Å². The number of unbranched alkanes of at least 4 members (excludes halogenated alkanes) is 23. The number of hydrogen-bond acceptors (Lipinski definition) is 12. The lowest BCUT2D eigenvalue weighted by molar-refractivity contribution is -0.220. The molecule has 384 valence electrons. The van der Waals surface area contributed by atoms with Gasteiger partial charge < -0.3 is 39.9 Å². The third-order valence-corrected chi connectivity index (χ3v) is 12.9. The molecule has 0 radical (unpaired) electrons. The Kier molecular flexibility index (Phi) is 39.1. The van der Waals surface area contributed by atoms with Crippen molar-refractivity contribution in [1.82, 2.24) is 0 Å². The molecular weight excluding hydrogens is 864 g/mol. The molecule has 66 heavy (non-hydrogen) atoms. The number of aliphatic hydroxyl groups excluding tert-OH is 5. The zero-order valence-corrected chi connectivity index (χ0v) is 41.9. The van der Waals surface area contributed by atoms with Crippen molar-refractivity contribution in [3.05, 3.63) is 48.6 Å². The van der Waals surface area contributed by atoms with Gasteiger partial charge in [0.1, 0.15) is 43.2 Å². The molecule has 0 heterocycles. The van der Waals surface area contributed by atoms with Crippen molar-refractivity contribution >= 4 is 19.8 Å². The molecule has 0 aliphatic heterocycles. The van der Waals surface area contributed by atoms with Gasteiger partial charge in [0.2, 0.25) is 0 Å². The number of allylic oxidation sites excluding steroid dienone is 8. The number of phosphoric acid groups is 1. The van der Waals surface area contributed by atoms with Crippen molar-refractivity contribution in [3.63, 3.8) is 0 Å². The van der Waals surface area contributed by atoms with E-state index in [0.29, 0.717) is 19.3 Å². The monoisotopic (exact) mass is 957 g/mol. The molecule has 6 unspecified atom stereocenters. The number of phosphoric ester groups is 1. The van der Waals surface area contributed by atoms with Crippen LogP contribution in [0.5, 0.6) is 0 Å². The van der Waals surface area contributed by atoms with E-state index in [1.54, 1.807) is 0 Å². The molecule has 0 bridgehead atoms. The molecule has 1 saturated carbocycles. The average molecular weight is 957 g/mol. The number of esters is 2. The minimum Gasteiger partial charge on any atom is -0.462 e. The summed E-state index contributed by atoms with van der Waals surface area (Å²) in [7, 11) is -5.14. The van der Waals surface area contributed by atoms with Crippen LogP contribution >= 0.6 is 7.82 Å². The van der Waals surface area contributed by atoms with Crippen LogP contribution < -0.4 is 0 Å². The standard InChI is InChI=1S/C52H93O13P/c1-3-5-7-9-11-13-15-17-19-20-21-22-23-24-25-26-27-29-31-33-35-37-39-41-46(54)64-44(43-63-66(60,61)65-52-50(58)48(56)47(55)49(57)51(52)59)42-62-45(53)40-38-36-34-32-30-28-18-16-14-12-10-8-6-4-2/h10,12,16,18,26-27,33,35,44,47-52,55-59H,3-9,11,13-15,17,19-25,28-32,34,36-43H2,1-2H3,(H,60,61)/b12-10+,18-16+,27-26+,35-33+/t44-,47?,48-,49?,50?,51?,52?/m1/s1. The molecule has 0 saturated heterocycles. The molecule has 0 aromatic carbocycles. The van der Waals surface area contributed by atoms with E-state index in [-0.39, 0.29) is 12.8 Å². The molecule has 6 N–H and O–H groups in total. The van der Waals surface area contributed by atoms with Gasteiger partial charge in [-0.1, -0.05) is 178 Å². The van der Waals surface area contributed by atoms with E-state index in [2.05, 4.69) is 56.4 Å². The highest BCUT2D eigenvalue weighted by molar-refractivity contribution is 7.47. The van der Waals surface area contributed by atoms with Crippen LogP contribution in [0.25, 0.3) is 0 Å². The van der Waals surface area contributed by atoms with Crippen molar-refractivity contribution in [1.29, 1.82) is 0 Å². The molecule has 0 amide bonds. The van der Waals surface area contributed by atoms with Gasteiger partial charge in [-0.15, -0.1) is 0 Å². The van der Waals surface area contributed by atoms with Crippen LogP contribution in [0, 0.1) is 0 Å². The minimum absolute atomic E-state index is 0.0334. The summed E-state index contributed by atoms with van der Waals surface area (Å²) >= 11 is 0. The third-order valence-electron chi connectivity index (χ3n) is 11.9. The average Bonchev–Trinajstić information content (AvgIpc) is 3.30. The van der Waals surface area contributed by atoms with Gasteiger partial charge in [-0.25, -0.2) is 4.57 Å². The summed E-state index contributed by atoms with van der Waals surface area (Å²) in [6.07, 6.45) is 37.5. The zero-order valence-electron chi connectivity index (χ0n) is 41.0. The predicted octanol–water partition coefficient (Wildman–Crippen LogP) is 11.1. The number of carbonyl (C=O) groups excluding carboxylic acids is 2. The van der Waals surface area contributed by atoms with Crippen molar-refractivity contribution in [2.45, 2.75) is 256 Å². The van der Waals surface area contributed by atoms with Gasteiger partial charge in [0.05, 0.1) is 6.61 Å². The molecule has 1 aliphatic rings. The Morgan fingerprint density at radius 1 is 0.470 bits per heavy atom. The molecule has 0 aromatic rings. The summed E-state index contributed by atoms with van der Waals surface area (Å²) in [5.74, 6) is -1.16. The first-order valence-electron chi connectivity index (χ1n) is 25.9. The number of ether oxygens (including phenoxy) is 2. The smallest absolute Gasteiger partial charge is 0.462 e. The number of aliphatic hydroxyl groups is 5. The Morgan fingerprint density at radius 3 is 1.38 bits per heavy atom. The third kappa shape index (κ3) is 33.3. The van der Waals surface area contributed by atoms with Crippen LogP contribution in [-0.2, 0) is 32.7 Å². The molecular formula is C52H93O13P. The number of rotatable bonds is 43. The van der Waals surface area contributed by atoms with Gasteiger partial charge in [0, 0.05) is 12.8 Å². The van der Waals surface area contributed by atoms with Gasteiger partial charge in [0.15, 0.2) is 6.10 Å². The van der Waals surface area contributed by atoms with E-state index in [9.17, 15) is 44.6 Å². The van der Waals surface area contributed by atoms with E-state index < -0.39 is 75.7 Å². The van der Waals surface area contributed by atoms with E-state index in [1.807, 2.05) is 6.08 Å². The minimum atomic E-state index is -5.14. The fourth-order valence-electron chi connectivity index (χ4n) is 7.68. The molecule has 14 heteroatoms. The lowest BCUT2D eigenvalue weighted by atomic mass is 9.85. The molecule has 8 atom stereocenters. The first-order chi connectivity index (χ1) is 31.9. The maximum Gasteiger partial charge on any atom is 0.472 e. The highest BCUT2D eigenvalue weighted by atomic mass is 31.2. The van der Waals surface area contributed by atoms with E-state index in [4.69, 9.17) is 18.5 Å². The van der Waals surface area contributed by atoms with Gasteiger partial charge in [0.25, 0.3) is 0 Å². The quantitative estimate of drug-likeness (QED) is 0.0146. The maximum atomic E-state index is 12.8. The first kappa shape index (κ1) is 61.8. The summed E-state index contributed by atoms with van der Waals surface area (Å²) < 4.78 is 33.5. The van der Waals surface area contributed by atoms with Crippen LogP contribution in [0.3, 0.4) is 0 Å². The van der Waals surface area contributed by atoms with Crippen molar-refractivity contribution in [2.75, 3.05) is 13.2 Å². The second-order valence-electron chi connectivity index (χ2n) is 18.0. The summed E-state index contributed by atoms with van der Waals surface area (Å²) in [6.45, 7) is 3.24. The second-order valence-corrected chi connectivity index (χ2v) is 19.4. The van der Waals surface area contributed by atoms with Crippen LogP contribution in [0.2, 0.25) is 0 Å². The summed E-state index contributed by atoms with van der Waals surface area (Å²) in [5.41, 5.74) is 0. The predicted molar refractivity (Wildman–Crippen MR) is 263 cm³/mol. The molecule has 0 spiro atoms. The van der Waals surface area contributed by atoms with Crippen LogP contribution in [0.15, 0.2) is 48.6 Å². The first-order valence-corrected chi connectivity index (χ1v) is 27.4. The van der Waals surface area contributed by atoms with E-state index in [0.717, 1.165) is 64.2 Å². The van der Waals surface area contributed by atoms with E-state index >= 15 is 0 Å².